The van der Waals surface area contributed by atoms with Gasteiger partial charge in [0.2, 0.25) is 0 Å². The second-order valence-electron chi connectivity index (χ2n) is 12.2. The van der Waals surface area contributed by atoms with E-state index in [2.05, 4.69) is 83.7 Å². The Hall–Kier alpha value is -2.62. The number of hydrogen-bond donors (Lipinski definition) is 1. The smallest absolute Gasteiger partial charge is 0.182 e. The van der Waals surface area contributed by atoms with Crippen molar-refractivity contribution in [3.8, 4) is 5.75 Å². The molecule has 0 radical (unpaired) electrons. The summed E-state index contributed by atoms with van der Waals surface area (Å²) in [5, 5.41) is 11.1. The third-order valence-electron chi connectivity index (χ3n) is 7.25. The zero-order valence-electron chi connectivity index (χ0n) is 23.0. The topological polar surface area (TPSA) is 52.9 Å². The van der Waals surface area contributed by atoms with Gasteiger partial charge in [-0.1, -0.05) is 85.2 Å². The van der Waals surface area contributed by atoms with Crippen LogP contribution < -0.4 is 0 Å². The highest BCUT2D eigenvalue weighted by Crippen LogP contribution is 2.40. The first-order chi connectivity index (χ1) is 16.4. The molecular weight excluding hydrogens is 432 g/mol. The number of amidine groups is 1. The predicted octanol–water partition coefficient (Wildman–Crippen LogP) is 6.79. The number of aliphatic imine (C=N–C) groups is 1. The molecule has 2 aromatic carbocycles. The van der Waals surface area contributed by atoms with Crippen LogP contribution in [0.4, 0.5) is 0 Å². The number of aromatic hydroxyl groups is 1. The van der Waals surface area contributed by atoms with E-state index in [0.717, 1.165) is 42.8 Å². The molecule has 1 N–H and O–H groups in total. The largest absolute Gasteiger partial charge is 0.507 e. The van der Waals surface area contributed by atoms with Gasteiger partial charge in [0.25, 0.3) is 0 Å². The molecular formula is C31H44N2O2. The summed E-state index contributed by atoms with van der Waals surface area (Å²) in [5.74, 6) is 2.25. The van der Waals surface area contributed by atoms with Crippen LogP contribution in [0.3, 0.4) is 0 Å². The molecule has 1 fully saturated rings. The van der Waals surface area contributed by atoms with Crippen LogP contribution in [0.1, 0.15) is 88.4 Å². The van der Waals surface area contributed by atoms with Crippen molar-refractivity contribution in [2.75, 3.05) is 20.1 Å². The highest BCUT2D eigenvalue weighted by atomic mass is 16.3. The molecule has 35 heavy (non-hydrogen) atoms. The van der Waals surface area contributed by atoms with Crippen LogP contribution in [-0.4, -0.2) is 41.8 Å². The summed E-state index contributed by atoms with van der Waals surface area (Å²) in [6.07, 6.45) is 3.20. The summed E-state index contributed by atoms with van der Waals surface area (Å²) in [6.45, 7) is 15.9. The number of rotatable bonds is 7. The van der Waals surface area contributed by atoms with E-state index >= 15 is 0 Å². The molecule has 1 aliphatic heterocycles. The van der Waals surface area contributed by atoms with Crippen molar-refractivity contribution in [1.82, 2.24) is 4.90 Å². The molecule has 0 amide bonds. The monoisotopic (exact) mass is 476 g/mol. The average Bonchev–Trinajstić information content (AvgIpc) is 3.08. The van der Waals surface area contributed by atoms with Crippen molar-refractivity contribution < 1.29 is 9.90 Å². The third kappa shape index (κ3) is 6.15. The number of hydrogen-bond acceptors (Lipinski definition) is 3. The maximum absolute atomic E-state index is 13.7. The summed E-state index contributed by atoms with van der Waals surface area (Å²) >= 11 is 0. The minimum atomic E-state index is -0.267. The van der Waals surface area contributed by atoms with E-state index in [4.69, 9.17) is 4.99 Å². The Morgan fingerprint density at radius 3 is 2.09 bits per heavy atom. The van der Waals surface area contributed by atoms with Crippen LogP contribution in [-0.2, 0) is 17.3 Å². The molecule has 4 nitrogen and oxygen atoms in total. The SMILES string of the molecule is CCCC1CN(CC(=O)c2cc(C(C)(C)C)c(O)c(C(C)(C)C)c2)C(=NC)C1Cc1ccccc1. The molecule has 0 spiro atoms. The number of carbonyl (C=O) groups is 1. The van der Waals surface area contributed by atoms with E-state index in [0.29, 0.717) is 29.7 Å². The minimum absolute atomic E-state index is 0.0813. The average molecular weight is 477 g/mol. The van der Waals surface area contributed by atoms with E-state index in [1.807, 2.05) is 19.2 Å². The quantitative estimate of drug-likeness (QED) is 0.448. The van der Waals surface area contributed by atoms with Gasteiger partial charge in [-0.2, -0.15) is 0 Å². The Kier molecular flexibility index (Phi) is 8.14. The van der Waals surface area contributed by atoms with Gasteiger partial charge < -0.3 is 10.0 Å². The Bertz CT molecular complexity index is 1020. The number of benzene rings is 2. The summed E-state index contributed by atoms with van der Waals surface area (Å²) in [5.41, 5.74) is 3.10. The van der Waals surface area contributed by atoms with Gasteiger partial charge in [-0.25, -0.2) is 0 Å². The van der Waals surface area contributed by atoms with Gasteiger partial charge in [-0.15, -0.1) is 0 Å². The fraction of sp³-hybridized carbons (Fsp3) is 0.548. The zero-order valence-corrected chi connectivity index (χ0v) is 23.0. The maximum atomic E-state index is 13.7. The third-order valence-corrected chi connectivity index (χ3v) is 7.25. The first kappa shape index (κ1) is 27.0. The maximum Gasteiger partial charge on any atom is 0.182 e. The van der Waals surface area contributed by atoms with Gasteiger partial charge in [-0.3, -0.25) is 9.79 Å². The normalized spacial score (nSPS) is 20.0. The fourth-order valence-electron chi connectivity index (χ4n) is 5.39. The molecule has 2 atom stereocenters. The number of Topliss-reactive ketones (excluding diaryl/α,β-unsaturated/α-hetero) is 1. The number of nitrogens with zero attached hydrogens (tertiary/aromatic N) is 2. The molecule has 1 heterocycles. The van der Waals surface area contributed by atoms with Crippen molar-refractivity contribution in [3.05, 3.63) is 64.7 Å². The van der Waals surface area contributed by atoms with E-state index in [-0.39, 0.29) is 16.6 Å². The lowest BCUT2D eigenvalue weighted by molar-refractivity contribution is 0.0963. The molecule has 0 bridgehead atoms. The molecule has 1 aliphatic rings. The van der Waals surface area contributed by atoms with Gasteiger partial charge in [0.15, 0.2) is 5.78 Å². The molecule has 0 aliphatic carbocycles. The number of likely N-dealkylation sites (tertiary alicyclic amines) is 1. The standard InChI is InChI=1S/C31H44N2O2/c1-9-13-22-19-33(29(32-8)24(22)16-21-14-11-10-12-15-21)20-27(34)23-17-25(30(2,3)4)28(35)26(18-23)31(5,6)7/h10-12,14-15,17-18,22,24,35H,9,13,16,19-20H2,1-8H3. The van der Waals surface area contributed by atoms with Crippen molar-refractivity contribution in [3.63, 3.8) is 0 Å². The molecule has 2 unspecified atom stereocenters. The van der Waals surface area contributed by atoms with Gasteiger partial charge in [0.05, 0.1) is 6.54 Å². The molecule has 190 valence electrons. The number of phenols is 1. The minimum Gasteiger partial charge on any atom is -0.507 e. The molecule has 1 saturated heterocycles. The Balaban J connectivity index is 1.92. The first-order valence-corrected chi connectivity index (χ1v) is 13.0. The van der Waals surface area contributed by atoms with E-state index in [1.165, 1.54) is 5.56 Å². The fourth-order valence-corrected chi connectivity index (χ4v) is 5.39. The van der Waals surface area contributed by atoms with Crippen LogP contribution in [0.2, 0.25) is 0 Å². The molecule has 0 saturated carbocycles. The highest BCUT2D eigenvalue weighted by molar-refractivity contribution is 6.01. The number of phenolic OH excluding ortho intramolecular Hbond substituents is 1. The molecule has 0 aromatic heterocycles. The Morgan fingerprint density at radius 2 is 1.60 bits per heavy atom. The van der Waals surface area contributed by atoms with Crippen molar-refractivity contribution in [1.29, 1.82) is 0 Å². The van der Waals surface area contributed by atoms with Crippen molar-refractivity contribution >= 4 is 11.6 Å². The lowest BCUT2D eigenvalue weighted by atomic mass is 9.78. The highest BCUT2D eigenvalue weighted by Gasteiger charge is 2.38. The van der Waals surface area contributed by atoms with Crippen LogP contribution in [0.25, 0.3) is 0 Å². The van der Waals surface area contributed by atoms with Crippen molar-refractivity contribution in [2.45, 2.75) is 78.6 Å². The van der Waals surface area contributed by atoms with E-state index < -0.39 is 0 Å². The second kappa shape index (κ2) is 10.6. The summed E-state index contributed by atoms with van der Waals surface area (Å²) in [4.78, 5) is 20.6. The van der Waals surface area contributed by atoms with Crippen molar-refractivity contribution in [2.24, 2.45) is 16.8 Å². The van der Waals surface area contributed by atoms with Crippen LogP contribution in [0.15, 0.2) is 47.5 Å². The lowest BCUT2D eigenvalue weighted by Gasteiger charge is -2.28. The molecule has 2 aromatic rings. The van der Waals surface area contributed by atoms with Gasteiger partial charge in [0, 0.05) is 36.2 Å². The van der Waals surface area contributed by atoms with Crippen LogP contribution in [0.5, 0.6) is 5.75 Å². The van der Waals surface area contributed by atoms with Gasteiger partial charge in [0.1, 0.15) is 11.6 Å². The van der Waals surface area contributed by atoms with Crippen LogP contribution >= 0.6 is 0 Å². The summed E-state index contributed by atoms with van der Waals surface area (Å²) in [6, 6.07) is 14.4. The van der Waals surface area contributed by atoms with Gasteiger partial charge in [-0.05, 0) is 47.3 Å². The summed E-state index contributed by atoms with van der Waals surface area (Å²) < 4.78 is 0. The lowest BCUT2D eigenvalue weighted by Crippen LogP contribution is -2.33. The number of ketones is 1. The first-order valence-electron chi connectivity index (χ1n) is 13.0. The van der Waals surface area contributed by atoms with E-state index in [9.17, 15) is 9.90 Å². The molecule has 3 rings (SSSR count). The zero-order chi connectivity index (χ0) is 26.0. The Morgan fingerprint density at radius 1 is 1.03 bits per heavy atom. The number of carbonyl (C=O) groups excluding carboxylic acids is 1. The Labute approximate surface area is 212 Å². The second-order valence-corrected chi connectivity index (χ2v) is 12.2. The van der Waals surface area contributed by atoms with Gasteiger partial charge >= 0.3 is 0 Å². The predicted molar refractivity (Wildman–Crippen MR) is 147 cm³/mol. The van der Waals surface area contributed by atoms with E-state index in [1.54, 1.807) is 0 Å². The summed E-state index contributed by atoms with van der Waals surface area (Å²) in [7, 11) is 1.86. The molecule has 4 heteroatoms. The van der Waals surface area contributed by atoms with Crippen LogP contribution in [0, 0.1) is 11.8 Å².